The smallest absolute Gasteiger partial charge is 0.325 e. The fourth-order valence-electron chi connectivity index (χ4n) is 1.05. The van der Waals surface area contributed by atoms with Gasteiger partial charge in [-0.1, -0.05) is 0 Å². The first kappa shape index (κ1) is 12.7. The molecule has 8 heteroatoms. The summed E-state index contributed by atoms with van der Waals surface area (Å²) in [6.07, 6.45) is 1.01. The van der Waals surface area contributed by atoms with Crippen LogP contribution in [0.5, 0.6) is 0 Å². The predicted octanol–water partition coefficient (Wildman–Crippen LogP) is -1.64. The number of aromatic amines is 2. The Hall–Kier alpha value is -2.38. The second-order valence-electron chi connectivity index (χ2n) is 3.07. The van der Waals surface area contributed by atoms with E-state index in [-0.39, 0.29) is 18.5 Å². The lowest BCUT2D eigenvalue weighted by Gasteiger charge is -2.02. The Kier molecular flexibility index (Phi) is 4.21. The second-order valence-corrected chi connectivity index (χ2v) is 3.07. The molecule has 0 aliphatic carbocycles. The molecule has 1 aromatic rings. The molecule has 1 amide bonds. The van der Waals surface area contributed by atoms with Crippen LogP contribution in [0, 0.1) is 0 Å². The van der Waals surface area contributed by atoms with Crippen LogP contribution in [-0.4, -0.2) is 35.5 Å². The molecule has 0 radical (unpaired) electrons. The van der Waals surface area contributed by atoms with Crippen molar-refractivity contribution in [2.45, 2.75) is 6.42 Å². The molecule has 0 aliphatic rings. The molecule has 8 nitrogen and oxygen atoms in total. The van der Waals surface area contributed by atoms with Crippen LogP contribution in [0.25, 0.3) is 0 Å². The van der Waals surface area contributed by atoms with E-state index in [1.165, 1.54) is 7.11 Å². The lowest BCUT2D eigenvalue weighted by Crippen LogP contribution is -2.34. The molecule has 3 N–H and O–H groups in total. The number of aromatic nitrogens is 2. The van der Waals surface area contributed by atoms with Crippen molar-refractivity contribution in [1.29, 1.82) is 0 Å². The molecule has 92 valence electrons. The average Bonchev–Trinajstić information content (AvgIpc) is 2.28. The second kappa shape index (κ2) is 5.64. The highest BCUT2D eigenvalue weighted by Crippen LogP contribution is 1.86. The van der Waals surface area contributed by atoms with E-state index in [0.717, 1.165) is 6.20 Å². The van der Waals surface area contributed by atoms with Crippen molar-refractivity contribution in [1.82, 2.24) is 15.3 Å². The molecule has 0 atom stereocenters. The van der Waals surface area contributed by atoms with Crippen molar-refractivity contribution in [2.24, 2.45) is 0 Å². The monoisotopic (exact) mass is 241 g/mol. The molecule has 0 unspecified atom stereocenters. The molecule has 1 rings (SSSR count). The van der Waals surface area contributed by atoms with Crippen LogP contribution in [0.4, 0.5) is 0 Å². The molecule has 0 aromatic carbocycles. The number of nitrogens with one attached hydrogen (secondary N) is 3. The van der Waals surface area contributed by atoms with Crippen molar-refractivity contribution >= 4 is 11.9 Å². The number of ether oxygens (including phenoxy) is 1. The van der Waals surface area contributed by atoms with Gasteiger partial charge in [0.25, 0.3) is 11.5 Å². The maximum atomic E-state index is 11.4. The van der Waals surface area contributed by atoms with E-state index in [0.29, 0.717) is 0 Å². The number of H-pyrrole nitrogens is 2. The van der Waals surface area contributed by atoms with Gasteiger partial charge in [-0.05, 0) is 0 Å². The van der Waals surface area contributed by atoms with Crippen LogP contribution in [-0.2, 0) is 9.53 Å². The Bertz CT molecular complexity index is 530. The first-order valence-corrected chi connectivity index (χ1v) is 4.71. The Balaban J connectivity index is 2.62. The molecule has 0 bridgehead atoms. The Morgan fingerprint density at radius 1 is 1.41 bits per heavy atom. The lowest BCUT2D eigenvalue weighted by molar-refractivity contribution is -0.140. The number of carbonyl (C=O) groups excluding carboxylic acids is 2. The van der Waals surface area contributed by atoms with Gasteiger partial charge in [-0.15, -0.1) is 0 Å². The summed E-state index contributed by atoms with van der Waals surface area (Å²) in [6.45, 7) is 0.0457. The number of esters is 1. The van der Waals surface area contributed by atoms with Crippen LogP contribution in [0.15, 0.2) is 15.8 Å². The SMILES string of the molecule is COC(=O)CCNC(=O)c1c[nH]c(=O)[nH]c1=O. The Labute approximate surface area is 95.0 Å². The molecule has 1 aromatic heterocycles. The summed E-state index contributed by atoms with van der Waals surface area (Å²) < 4.78 is 4.37. The van der Waals surface area contributed by atoms with Gasteiger partial charge < -0.3 is 15.0 Å². The highest BCUT2D eigenvalue weighted by Gasteiger charge is 2.10. The normalized spacial score (nSPS) is 9.71. The molecule has 17 heavy (non-hydrogen) atoms. The lowest BCUT2D eigenvalue weighted by atomic mass is 10.3. The van der Waals surface area contributed by atoms with Crippen LogP contribution in [0.3, 0.4) is 0 Å². The summed E-state index contributed by atoms with van der Waals surface area (Å²) in [7, 11) is 1.23. The van der Waals surface area contributed by atoms with Crippen LogP contribution < -0.4 is 16.6 Å². The van der Waals surface area contributed by atoms with Crippen LogP contribution >= 0.6 is 0 Å². The van der Waals surface area contributed by atoms with E-state index in [4.69, 9.17) is 0 Å². The van der Waals surface area contributed by atoms with Crippen molar-refractivity contribution in [3.8, 4) is 0 Å². The molecular formula is C9H11N3O5. The highest BCUT2D eigenvalue weighted by atomic mass is 16.5. The maximum Gasteiger partial charge on any atom is 0.325 e. The summed E-state index contributed by atoms with van der Waals surface area (Å²) in [5.74, 6) is -1.15. The Morgan fingerprint density at radius 2 is 2.12 bits per heavy atom. The predicted molar refractivity (Wildman–Crippen MR) is 56.6 cm³/mol. The number of rotatable bonds is 4. The van der Waals surface area contributed by atoms with E-state index in [1.54, 1.807) is 0 Å². The van der Waals surface area contributed by atoms with Gasteiger partial charge in [0, 0.05) is 12.7 Å². The van der Waals surface area contributed by atoms with E-state index < -0.39 is 23.1 Å². The zero-order valence-corrected chi connectivity index (χ0v) is 9.03. The van der Waals surface area contributed by atoms with E-state index in [1.807, 2.05) is 4.98 Å². The minimum atomic E-state index is -0.788. The quantitative estimate of drug-likeness (QED) is 0.545. The number of carbonyl (C=O) groups is 2. The maximum absolute atomic E-state index is 11.4. The van der Waals surface area contributed by atoms with Gasteiger partial charge in [0.05, 0.1) is 13.5 Å². The minimum Gasteiger partial charge on any atom is -0.469 e. The summed E-state index contributed by atoms with van der Waals surface area (Å²) in [5.41, 5.74) is -1.71. The number of hydrogen-bond acceptors (Lipinski definition) is 5. The van der Waals surface area contributed by atoms with E-state index >= 15 is 0 Å². The van der Waals surface area contributed by atoms with Gasteiger partial charge in [-0.2, -0.15) is 0 Å². The molecule has 0 saturated carbocycles. The van der Waals surface area contributed by atoms with Gasteiger partial charge in [-0.3, -0.25) is 19.4 Å². The fourth-order valence-corrected chi connectivity index (χ4v) is 1.05. The van der Waals surface area contributed by atoms with Crippen molar-refractivity contribution in [3.05, 3.63) is 32.6 Å². The summed E-state index contributed by atoms with van der Waals surface area (Å²) in [6, 6.07) is 0. The molecular weight excluding hydrogens is 230 g/mol. The van der Waals surface area contributed by atoms with Gasteiger partial charge in [0.2, 0.25) is 0 Å². The van der Waals surface area contributed by atoms with Crippen LogP contribution in [0.1, 0.15) is 16.8 Å². The molecule has 0 aliphatic heterocycles. The van der Waals surface area contributed by atoms with E-state index in [9.17, 15) is 19.2 Å². The van der Waals surface area contributed by atoms with Gasteiger partial charge in [0.15, 0.2) is 0 Å². The van der Waals surface area contributed by atoms with Crippen LogP contribution in [0.2, 0.25) is 0 Å². The van der Waals surface area contributed by atoms with Gasteiger partial charge in [-0.25, -0.2) is 4.79 Å². The summed E-state index contributed by atoms with van der Waals surface area (Å²) in [5, 5.41) is 2.34. The molecule has 0 spiro atoms. The average molecular weight is 241 g/mol. The van der Waals surface area contributed by atoms with Crippen molar-refractivity contribution in [3.63, 3.8) is 0 Å². The first-order chi connectivity index (χ1) is 8.04. The molecule has 0 saturated heterocycles. The fraction of sp³-hybridized carbons (Fsp3) is 0.333. The zero-order valence-electron chi connectivity index (χ0n) is 9.03. The third-order valence-electron chi connectivity index (χ3n) is 1.91. The largest absolute Gasteiger partial charge is 0.469 e. The van der Waals surface area contributed by atoms with Crippen molar-refractivity contribution < 1.29 is 14.3 Å². The number of methoxy groups -OCH3 is 1. The van der Waals surface area contributed by atoms with Gasteiger partial charge >= 0.3 is 11.7 Å². The first-order valence-electron chi connectivity index (χ1n) is 4.71. The highest BCUT2D eigenvalue weighted by molar-refractivity contribution is 5.93. The third kappa shape index (κ3) is 3.59. The summed E-state index contributed by atoms with van der Waals surface area (Å²) in [4.78, 5) is 48.2. The number of hydrogen-bond donors (Lipinski definition) is 3. The zero-order chi connectivity index (χ0) is 12.8. The molecule has 0 fully saturated rings. The van der Waals surface area contributed by atoms with Crippen molar-refractivity contribution in [2.75, 3.05) is 13.7 Å². The molecule has 1 heterocycles. The number of amides is 1. The minimum absolute atomic E-state index is 0.00347. The third-order valence-corrected chi connectivity index (χ3v) is 1.91. The Morgan fingerprint density at radius 3 is 2.71 bits per heavy atom. The van der Waals surface area contributed by atoms with E-state index in [2.05, 4.69) is 15.0 Å². The van der Waals surface area contributed by atoms with Gasteiger partial charge in [0.1, 0.15) is 5.56 Å². The topological polar surface area (TPSA) is 121 Å². The summed E-state index contributed by atoms with van der Waals surface area (Å²) >= 11 is 0. The standard InChI is InChI=1S/C9H11N3O5/c1-17-6(13)2-3-10-7(14)5-4-11-9(16)12-8(5)15/h4H,2-3H2,1H3,(H,10,14)(H2,11,12,15,16).